The molecule has 0 radical (unpaired) electrons. The van der Waals surface area contributed by atoms with Crippen molar-refractivity contribution in [2.24, 2.45) is 23.7 Å². The number of aryl methyl sites for hydroxylation is 2. The number of anilines is 2. The molecule has 0 bridgehead atoms. The summed E-state index contributed by atoms with van der Waals surface area (Å²) in [6.07, 6.45) is 3.27. The van der Waals surface area contributed by atoms with E-state index in [1.165, 1.54) is 4.90 Å². The number of ether oxygens (including phenoxy) is 1. The van der Waals surface area contributed by atoms with E-state index in [2.05, 4.69) is 5.43 Å². The van der Waals surface area contributed by atoms with Gasteiger partial charge in [-0.05, 0) is 79.1 Å². The van der Waals surface area contributed by atoms with Crippen molar-refractivity contribution in [3.63, 3.8) is 0 Å². The van der Waals surface area contributed by atoms with Gasteiger partial charge in [-0.2, -0.15) is 5.01 Å². The molecular formula is C48H43N3O6. The normalized spacial score (nSPS) is 25.2. The molecule has 9 nitrogen and oxygen atoms in total. The van der Waals surface area contributed by atoms with Gasteiger partial charge in [0.05, 0.1) is 34.5 Å². The van der Waals surface area contributed by atoms with Crippen LogP contribution in [0.4, 0.5) is 11.4 Å². The van der Waals surface area contributed by atoms with E-state index in [-0.39, 0.29) is 37.0 Å². The van der Waals surface area contributed by atoms with Crippen LogP contribution in [0.3, 0.4) is 0 Å². The molecule has 2 aliphatic heterocycles. The van der Waals surface area contributed by atoms with Crippen LogP contribution in [0.1, 0.15) is 53.5 Å². The number of carbonyl (C=O) groups is 4. The number of fused-ring (bicyclic) bond motifs is 4. The van der Waals surface area contributed by atoms with Crippen LogP contribution in [0, 0.1) is 30.6 Å². The summed E-state index contributed by atoms with van der Waals surface area (Å²) in [5.41, 5.74) is 7.64. The summed E-state index contributed by atoms with van der Waals surface area (Å²) in [6.45, 7) is 4.30. The summed E-state index contributed by atoms with van der Waals surface area (Å²) < 4.78 is 6.10. The molecule has 3 fully saturated rings. The molecule has 2 aliphatic carbocycles. The maximum atomic E-state index is 15.5. The van der Waals surface area contributed by atoms with Gasteiger partial charge in [-0.3, -0.25) is 29.5 Å². The molecule has 5 aromatic rings. The minimum absolute atomic E-state index is 0.0973. The summed E-state index contributed by atoms with van der Waals surface area (Å²) in [6, 6.07) is 39.1. The maximum absolute atomic E-state index is 15.5. The minimum atomic E-state index is -1.50. The molecule has 4 aliphatic rings. The standard InChI is InChI=1S/C48H43N3O6/c1-3-30-16-20-34(21-17-30)50-44(53)38-25-24-36-39(42(38)46(50)55)27-40-45(54)51(49-33-18-14-29(2)15-19-33)47(56)48(40,32-12-8-5-9-13-32)43(36)37-23-22-35(26-41(37)52)57-28-31-10-6-4-7-11-31/h4-24,26,38-40,42-43,49,52H,3,25,27-28H2,1-2H3/t38-,39+,40-,42-,43+,48+/m0/s1. The van der Waals surface area contributed by atoms with Gasteiger partial charge in [0, 0.05) is 17.5 Å². The number of rotatable bonds is 9. The lowest BCUT2D eigenvalue weighted by atomic mass is 9.49. The van der Waals surface area contributed by atoms with Crippen LogP contribution >= 0.6 is 0 Å². The molecule has 6 atom stereocenters. The lowest BCUT2D eigenvalue weighted by Gasteiger charge is -2.50. The van der Waals surface area contributed by atoms with Crippen molar-refractivity contribution in [2.45, 2.75) is 51.0 Å². The molecule has 9 rings (SSSR count). The summed E-state index contributed by atoms with van der Waals surface area (Å²) in [5, 5.41) is 13.2. The number of hydrogen-bond donors (Lipinski definition) is 2. The number of phenolic OH excluding ortho intramolecular Hbond substituents is 1. The lowest BCUT2D eigenvalue weighted by molar-refractivity contribution is -0.138. The highest BCUT2D eigenvalue weighted by molar-refractivity contribution is 6.22. The Labute approximate surface area is 331 Å². The number of hydrazine groups is 1. The van der Waals surface area contributed by atoms with Gasteiger partial charge in [-0.15, -0.1) is 0 Å². The van der Waals surface area contributed by atoms with Crippen molar-refractivity contribution < 1.29 is 29.0 Å². The monoisotopic (exact) mass is 757 g/mol. The zero-order valence-corrected chi connectivity index (χ0v) is 31.8. The van der Waals surface area contributed by atoms with E-state index in [4.69, 9.17) is 4.74 Å². The van der Waals surface area contributed by atoms with Crippen molar-refractivity contribution >= 4 is 35.0 Å². The zero-order valence-electron chi connectivity index (χ0n) is 31.8. The third kappa shape index (κ3) is 5.83. The van der Waals surface area contributed by atoms with Crippen molar-refractivity contribution in [2.75, 3.05) is 10.3 Å². The Morgan fingerprint density at radius 2 is 1.47 bits per heavy atom. The minimum Gasteiger partial charge on any atom is -0.508 e. The molecule has 0 spiro atoms. The molecule has 0 unspecified atom stereocenters. The van der Waals surface area contributed by atoms with Crippen molar-refractivity contribution in [3.8, 4) is 11.5 Å². The first-order chi connectivity index (χ1) is 27.7. The summed E-state index contributed by atoms with van der Waals surface area (Å²) in [4.78, 5) is 60.6. The van der Waals surface area contributed by atoms with Crippen LogP contribution in [0.2, 0.25) is 0 Å². The molecule has 1 saturated carbocycles. The molecule has 4 amide bonds. The van der Waals surface area contributed by atoms with Crippen LogP contribution in [0.25, 0.3) is 0 Å². The Balaban J connectivity index is 1.19. The van der Waals surface area contributed by atoms with Crippen LogP contribution < -0.4 is 15.1 Å². The fourth-order valence-corrected chi connectivity index (χ4v) is 9.83. The number of nitrogens with one attached hydrogen (secondary N) is 1. The topological polar surface area (TPSA) is 116 Å². The Morgan fingerprint density at radius 3 is 2.16 bits per heavy atom. The fraction of sp³-hybridized carbons (Fsp3) is 0.250. The number of phenols is 1. The second kappa shape index (κ2) is 14.2. The number of nitrogens with zero attached hydrogens (tertiary/aromatic N) is 2. The first-order valence-corrected chi connectivity index (χ1v) is 19.6. The van der Waals surface area contributed by atoms with E-state index < -0.39 is 46.8 Å². The third-order valence-electron chi connectivity index (χ3n) is 12.6. The second-order valence-electron chi connectivity index (χ2n) is 15.6. The van der Waals surface area contributed by atoms with Gasteiger partial charge in [0.1, 0.15) is 18.1 Å². The molecule has 2 saturated heterocycles. The number of allylic oxidation sites excluding steroid dienone is 2. The predicted molar refractivity (Wildman–Crippen MR) is 216 cm³/mol. The van der Waals surface area contributed by atoms with E-state index in [1.54, 1.807) is 18.2 Å². The molecular weight excluding hydrogens is 715 g/mol. The molecule has 0 aromatic heterocycles. The highest BCUT2D eigenvalue weighted by Gasteiger charge is 2.70. The van der Waals surface area contributed by atoms with Crippen molar-refractivity contribution in [1.29, 1.82) is 0 Å². The van der Waals surface area contributed by atoms with E-state index in [9.17, 15) is 19.5 Å². The molecule has 2 N–H and O–H groups in total. The van der Waals surface area contributed by atoms with Gasteiger partial charge in [-0.1, -0.05) is 115 Å². The summed E-state index contributed by atoms with van der Waals surface area (Å²) >= 11 is 0. The van der Waals surface area contributed by atoms with E-state index in [1.807, 2.05) is 129 Å². The third-order valence-corrected chi connectivity index (χ3v) is 12.6. The first kappa shape index (κ1) is 36.2. The van der Waals surface area contributed by atoms with E-state index >= 15 is 4.79 Å². The van der Waals surface area contributed by atoms with Crippen LogP contribution in [0.5, 0.6) is 11.5 Å². The van der Waals surface area contributed by atoms with Gasteiger partial charge in [-0.25, -0.2) is 0 Å². The number of benzene rings is 5. The average Bonchev–Trinajstić information content (AvgIpc) is 3.62. The predicted octanol–water partition coefficient (Wildman–Crippen LogP) is 8.03. The van der Waals surface area contributed by atoms with Crippen LogP contribution in [-0.4, -0.2) is 33.7 Å². The number of imide groups is 2. The summed E-state index contributed by atoms with van der Waals surface area (Å²) in [7, 11) is 0. The van der Waals surface area contributed by atoms with Gasteiger partial charge in [0.25, 0.3) is 11.8 Å². The SMILES string of the molecule is CCc1ccc(N2C(=O)[C@H]3[C@H](CC=C4[C@H]3C[C@H]3C(=O)N(Nc5ccc(C)cc5)C(=O)[C@@]3(c3ccccc3)[C@H]4c3ccc(OCc4ccccc4)cc3O)C2=O)cc1. The van der Waals surface area contributed by atoms with Gasteiger partial charge < -0.3 is 9.84 Å². The number of hydrogen-bond acceptors (Lipinski definition) is 7. The Morgan fingerprint density at radius 1 is 0.772 bits per heavy atom. The highest BCUT2D eigenvalue weighted by atomic mass is 16.5. The zero-order chi connectivity index (χ0) is 39.4. The van der Waals surface area contributed by atoms with Gasteiger partial charge in [0.15, 0.2) is 0 Å². The Kier molecular flexibility index (Phi) is 9.03. The molecule has 5 aromatic carbocycles. The average molecular weight is 758 g/mol. The van der Waals surface area contributed by atoms with E-state index in [0.717, 1.165) is 33.7 Å². The van der Waals surface area contributed by atoms with Crippen LogP contribution in [-0.2, 0) is 37.6 Å². The first-order valence-electron chi connectivity index (χ1n) is 19.6. The smallest absolute Gasteiger partial charge is 0.260 e. The maximum Gasteiger partial charge on any atom is 0.260 e. The summed E-state index contributed by atoms with van der Waals surface area (Å²) in [5.74, 6) is -4.86. The molecule has 286 valence electrons. The van der Waals surface area contributed by atoms with Crippen molar-refractivity contribution in [3.05, 3.63) is 167 Å². The fourth-order valence-electron chi connectivity index (χ4n) is 9.83. The highest BCUT2D eigenvalue weighted by Crippen LogP contribution is 2.65. The second-order valence-corrected chi connectivity index (χ2v) is 15.6. The van der Waals surface area contributed by atoms with Gasteiger partial charge in [0.2, 0.25) is 11.8 Å². The van der Waals surface area contributed by atoms with Crippen LogP contribution in [0.15, 0.2) is 139 Å². The largest absolute Gasteiger partial charge is 0.508 e. The molecule has 57 heavy (non-hydrogen) atoms. The molecule has 9 heteroatoms. The number of aromatic hydroxyl groups is 1. The van der Waals surface area contributed by atoms with E-state index in [0.29, 0.717) is 28.3 Å². The molecule has 2 heterocycles. The quantitative estimate of drug-likeness (QED) is 0.116. The number of amides is 4. The lowest BCUT2D eigenvalue weighted by Crippen LogP contribution is -2.53. The van der Waals surface area contributed by atoms with Gasteiger partial charge >= 0.3 is 0 Å². The Hall–Kier alpha value is -6.48. The van der Waals surface area contributed by atoms with Crippen molar-refractivity contribution in [1.82, 2.24) is 5.01 Å². The number of carbonyl (C=O) groups excluding carboxylic acids is 4. The Bertz CT molecular complexity index is 2410.